The number of rotatable bonds is 3. The van der Waals surface area contributed by atoms with Crippen LogP contribution in [0.15, 0.2) is 18.2 Å². The number of esters is 1. The monoisotopic (exact) mass is 246 g/mol. The lowest BCUT2D eigenvalue weighted by Crippen LogP contribution is -3.00. The van der Waals surface area contributed by atoms with Crippen LogP contribution in [0.1, 0.15) is 5.56 Å². The third-order valence-corrected chi connectivity index (χ3v) is 2.00. The summed E-state index contributed by atoms with van der Waals surface area (Å²) >= 11 is 0. The number of carbonyl (C=O) groups is 1. The van der Waals surface area contributed by atoms with Crippen LogP contribution in [0.25, 0.3) is 0 Å². The fourth-order valence-corrected chi connectivity index (χ4v) is 1.18. The number of ether oxygens (including phenoxy) is 1. The minimum atomic E-state index is -0.765. The highest BCUT2D eigenvalue weighted by atomic mass is 35.5. The van der Waals surface area contributed by atoms with Crippen molar-refractivity contribution < 1.29 is 32.2 Å². The second-order valence-electron chi connectivity index (χ2n) is 3.16. The van der Waals surface area contributed by atoms with E-state index < -0.39 is 12.0 Å². The highest BCUT2D eigenvalue weighted by molar-refractivity contribution is 5.75. The maximum Gasteiger partial charge on any atom is 0.322 e. The lowest BCUT2D eigenvalue weighted by atomic mass is 10.1. The van der Waals surface area contributed by atoms with Crippen LogP contribution >= 0.6 is 0 Å². The number of aromatic hydroxyl groups is 2. The Morgan fingerprint density at radius 3 is 2.56 bits per heavy atom. The van der Waals surface area contributed by atoms with E-state index >= 15 is 0 Å². The van der Waals surface area contributed by atoms with E-state index in [1.165, 1.54) is 19.2 Å². The zero-order valence-corrected chi connectivity index (χ0v) is 9.44. The molecule has 0 bridgehead atoms. The normalized spacial score (nSPS) is 11.4. The number of hydrogen-bond donors (Lipinski definition) is 3. The summed E-state index contributed by atoms with van der Waals surface area (Å²) in [6.07, 6.45) is 0.251. The molecule has 0 radical (unpaired) electrons. The van der Waals surface area contributed by atoms with Crippen molar-refractivity contribution in [3.05, 3.63) is 23.8 Å². The smallest absolute Gasteiger partial charge is 0.322 e. The quantitative estimate of drug-likeness (QED) is 0.394. The highest BCUT2D eigenvalue weighted by Gasteiger charge is 2.14. The molecule has 0 aliphatic rings. The van der Waals surface area contributed by atoms with Gasteiger partial charge in [-0.05, 0) is 24.1 Å². The molecule has 1 aromatic rings. The molecule has 0 saturated heterocycles. The van der Waals surface area contributed by atoms with Crippen LogP contribution in [-0.4, -0.2) is 29.3 Å². The Kier molecular flexibility index (Phi) is 5.63. The fraction of sp³-hybridized carbons (Fsp3) is 0.300. The zero-order valence-electron chi connectivity index (χ0n) is 8.68. The van der Waals surface area contributed by atoms with Gasteiger partial charge in [-0.25, -0.2) is 0 Å². The molecule has 0 spiro atoms. The molecule has 0 aliphatic heterocycles. The van der Waals surface area contributed by atoms with Crippen molar-refractivity contribution >= 4 is 5.97 Å². The summed E-state index contributed by atoms with van der Waals surface area (Å²) in [4.78, 5) is 11.0. The maximum absolute atomic E-state index is 11.0. The van der Waals surface area contributed by atoms with E-state index in [4.69, 9.17) is 10.8 Å². The number of methoxy groups -OCH3 is 1. The first-order chi connectivity index (χ1) is 7.04. The van der Waals surface area contributed by atoms with Gasteiger partial charge < -0.3 is 33.1 Å². The van der Waals surface area contributed by atoms with E-state index in [0.717, 1.165) is 0 Å². The van der Waals surface area contributed by atoms with E-state index in [1.807, 2.05) is 0 Å². The van der Waals surface area contributed by atoms with Gasteiger partial charge in [0.05, 0.1) is 7.11 Å². The molecule has 1 unspecified atom stereocenters. The van der Waals surface area contributed by atoms with Gasteiger partial charge in [0.15, 0.2) is 11.5 Å². The molecule has 0 heterocycles. The molecule has 1 atom stereocenters. The first-order valence-corrected chi connectivity index (χ1v) is 4.39. The first kappa shape index (κ1) is 14.5. The Balaban J connectivity index is 0.00000225. The molecule has 0 aromatic heterocycles. The zero-order chi connectivity index (χ0) is 11.4. The van der Waals surface area contributed by atoms with Crippen LogP contribution in [0.3, 0.4) is 0 Å². The summed E-state index contributed by atoms with van der Waals surface area (Å²) < 4.78 is 4.46. The number of benzene rings is 1. The standard InChI is InChI=1S/C10H13NO4.ClH/c1-15-10(14)7(11)4-6-2-3-8(12)9(13)5-6;/h2-3,5,7,12-13H,4,11H2,1H3;1H/p-1. The van der Waals surface area contributed by atoms with Crippen molar-refractivity contribution in [2.45, 2.75) is 12.5 Å². The molecule has 4 N–H and O–H groups in total. The van der Waals surface area contributed by atoms with Crippen molar-refractivity contribution in [3.63, 3.8) is 0 Å². The number of carbonyl (C=O) groups excluding carboxylic acids is 1. The van der Waals surface area contributed by atoms with Crippen LogP contribution < -0.4 is 18.1 Å². The average Bonchev–Trinajstić information content (AvgIpc) is 2.22. The van der Waals surface area contributed by atoms with Crippen LogP contribution in [0, 0.1) is 0 Å². The topological polar surface area (TPSA) is 92.8 Å². The van der Waals surface area contributed by atoms with E-state index in [-0.39, 0.29) is 30.3 Å². The molecule has 0 amide bonds. The summed E-state index contributed by atoms with van der Waals surface area (Å²) in [5, 5.41) is 18.3. The molecule has 0 fully saturated rings. The molecule has 5 nitrogen and oxygen atoms in total. The van der Waals surface area contributed by atoms with Gasteiger partial charge in [0.1, 0.15) is 6.04 Å². The molecule has 16 heavy (non-hydrogen) atoms. The molecule has 0 saturated carbocycles. The maximum atomic E-state index is 11.0. The number of phenolic OH excluding ortho intramolecular Hbond substituents is 2. The second-order valence-corrected chi connectivity index (χ2v) is 3.16. The summed E-state index contributed by atoms with van der Waals surface area (Å²) in [6.45, 7) is 0. The van der Waals surface area contributed by atoms with Crippen LogP contribution in [-0.2, 0) is 16.0 Å². The minimum Gasteiger partial charge on any atom is -1.00 e. The molecule has 1 aromatic carbocycles. The molecule has 0 aliphatic carbocycles. The minimum absolute atomic E-state index is 0. The summed E-state index contributed by atoms with van der Waals surface area (Å²) in [6, 6.07) is 3.52. The van der Waals surface area contributed by atoms with E-state index in [0.29, 0.717) is 5.56 Å². The Labute approximate surface area is 99.2 Å². The van der Waals surface area contributed by atoms with Crippen molar-refractivity contribution in [3.8, 4) is 11.5 Å². The molecule has 1 rings (SSSR count). The molecule has 90 valence electrons. The van der Waals surface area contributed by atoms with Crippen LogP contribution in [0.4, 0.5) is 0 Å². The van der Waals surface area contributed by atoms with Gasteiger partial charge in [-0.3, -0.25) is 4.79 Å². The summed E-state index contributed by atoms with van der Waals surface area (Å²) in [7, 11) is 1.26. The third-order valence-electron chi connectivity index (χ3n) is 2.00. The molecular formula is C10H13ClNO4-. The van der Waals surface area contributed by atoms with Gasteiger partial charge in [-0.15, -0.1) is 0 Å². The Bertz CT molecular complexity index is 370. The second kappa shape index (κ2) is 6.19. The van der Waals surface area contributed by atoms with Crippen LogP contribution in [0.2, 0.25) is 0 Å². The van der Waals surface area contributed by atoms with Crippen molar-refractivity contribution in [1.29, 1.82) is 0 Å². The molecular weight excluding hydrogens is 234 g/mol. The fourth-order valence-electron chi connectivity index (χ4n) is 1.18. The SMILES string of the molecule is COC(=O)C(N)Cc1ccc(O)c(O)c1.[Cl-]. The Hall–Kier alpha value is -1.46. The predicted molar refractivity (Wildman–Crippen MR) is 53.5 cm³/mol. The van der Waals surface area contributed by atoms with Crippen LogP contribution in [0.5, 0.6) is 11.5 Å². The Morgan fingerprint density at radius 1 is 1.44 bits per heavy atom. The number of phenols is 2. The average molecular weight is 247 g/mol. The van der Waals surface area contributed by atoms with Gasteiger partial charge in [-0.1, -0.05) is 6.07 Å². The largest absolute Gasteiger partial charge is 1.00 e. The van der Waals surface area contributed by atoms with Crippen molar-refractivity contribution in [2.75, 3.05) is 7.11 Å². The highest BCUT2D eigenvalue weighted by Crippen LogP contribution is 2.25. The third kappa shape index (κ3) is 3.60. The van der Waals surface area contributed by atoms with E-state index in [1.54, 1.807) is 6.07 Å². The lowest BCUT2D eigenvalue weighted by molar-refractivity contribution is -0.142. The van der Waals surface area contributed by atoms with Crippen molar-refractivity contribution in [1.82, 2.24) is 0 Å². The number of hydrogen-bond acceptors (Lipinski definition) is 5. The lowest BCUT2D eigenvalue weighted by Gasteiger charge is -2.09. The van der Waals surface area contributed by atoms with Crippen molar-refractivity contribution in [2.24, 2.45) is 5.73 Å². The number of nitrogens with two attached hydrogens (primary N) is 1. The summed E-state index contributed by atoms with van der Waals surface area (Å²) in [5.41, 5.74) is 6.18. The summed E-state index contributed by atoms with van der Waals surface area (Å²) in [5.74, 6) is -0.947. The first-order valence-electron chi connectivity index (χ1n) is 4.39. The number of halogens is 1. The van der Waals surface area contributed by atoms with E-state index in [9.17, 15) is 9.90 Å². The Morgan fingerprint density at radius 2 is 2.06 bits per heavy atom. The van der Waals surface area contributed by atoms with E-state index in [2.05, 4.69) is 4.74 Å². The van der Waals surface area contributed by atoms with Gasteiger partial charge in [0.25, 0.3) is 0 Å². The molecule has 6 heteroatoms. The van der Waals surface area contributed by atoms with Gasteiger partial charge in [0.2, 0.25) is 0 Å². The van der Waals surface area contributed by atoms with Gasteiger partial charge >= 0.3 is 5.97 Å². The van der Waals surface area contributed by atoms with Gasteiger partial charge in [0, 0.05) is 0 Å². The predicted octanol–water partition coefficient (Wildman–Crippen LogP) is -2.86. The van der Waals surface area contributed by atoms with Gasteiger partial charge in [-0.2, -0.15) is 0 Å².